The van der Waals surface area contributed by atoms with Crippen molar-refractivity contribution in [1.82, 2.24) is 14.7 Å². The van der Waals surface area contributed by atoms with Crippen LogP contribution in [0.4, 0.5) is 0 Å². The molecule has 0 aliphatic heterocycles. The maximum absolute atomic E-state index is 13.1. The third kappa shape index (κ3) is 3.67. The van der Waals surface area contributed by atoms with Crippen LogP contribution in [0, 0.1) is 6.92 Å². The number of nitrogens with zero attached hydrogens (tertiary/aromatic N) is 3. The van der Waals surface area contributed by atoms with E-state index in [-0.39, 0.29) is 5.91 Å². The number of amides is 1. The van der Waals surface area contributed by atoms with E-state index in [0.717, 1.165) is 36.9 Å². The number of rotatable bonds is 5. The molecule has 0 spiro atoms. The largest absolute Gasteiger partial charge is 0.388 e. The van der Waals surface area contributed by atoms with Crippen molar-refractivity contribution in [3.05, 3.63) is 53.3 Å². The van der Waals surface area contributed by atoms with E-state index >= 15 is 0 Å². The van der Waals surface area contributed by atoms with Gasteiger partial charge < -0.3 is 10.0 Å². The second kappa shape index (κ2) is 6.77. The molecule has 1 fully saturated rings. The molecule has 3 rings (SSSR count). The number of benzene rings is 1. The predicted molar refractivity (Wildman–Crippen MR) is 92.5 cm³/mol. The Morgan fingerprint density at radius 3 is 2.54 bits per heavy atom. The zero-order valence-electron chi connectivity index (χ0n) is 14.4. The maximum Gasteiger partial charge on any atom is 0.257 e. The Hall–Kier alpha value is -2.14. The molecular formula is C19H25N3O2. The third-order valence-corrected chi connectivity index (χ3v) is 4.77. The molecule has 1 N–H and O–H groups in total. The molecule has 0 unspecified atom stereocenters. The van der Waals surface area contributed by atoms with Crippen molar-refractivity contribution in [2.75, 3.05) is 6.54 Å². The molecule has 1 aliphatic carbocycles. The zero-order chi connectivity index (χ0) is 17.2. The van der Waals surface area contributed by atoms with Crippen LogP contribution in [0.1, 0.15) is 47.3 Å². The Morgan fingerprint density at radius 2 is 1.96 bits per heavy atom. The summed E-state index contributed by atoms with van der Waals surface area (Å²) in [5.41, 5.74) is 1.63. The first-order valence-electron chi connectivity index (χ1n) is 8.53. The quantitative estimate of drug-likeness (QED) is 0.918. The van der Waals surface area contributed by atoms with Crippen molar-refractivity contribution in [3.8, 4) is 0 Å². The Labute approximate surface area is 142 Å². The zero-order valence-corrected chi connectivity index (χ0v) is 14.4. The maximum atomic E-state index is 13.1. The highest BCUT2D eigenvalue weighted by atomic mass is 16.3. The molecule has 1 amide bonds. The van der Waals surface area contributed by atoms with Gasteiger partial charge in [-0.05, 0) is 25.3 Å². The lowest BCUT2D eigenvalue weighted by Crippen LogP contribution is -2.43. The number of carbonyl (C=O) groups is 1. The van der Waals surface area contributed by atoms with Crippen molar-refractivity contribution in [2.45, 2.75) is 44.8 Å². The van der Waals surface area contributed by atoms with Crippen LogP contribution in [0.5, 0.6) is 0 Å². The summed E-state index contributed by atoms with van der Waals surface area (Å²) in [6, 6.07) is 9.92. The molecule has 1 saturated carbocycles. The molecule has 0 saturated heterocycles. The second-order valence-corrected chi connectivity index (χ2v) is 6.88. The number of aryl methyl sites for hydroxylation is 2. The molecule has 1 aromatic carbocycles. The van der Waals surface area contributed by atoms with Crippen LogP contribution in [-0.2, 0) is 13.6 Å². The lowest BCUT2D eigenvalue weighted by molar-refractivity contribution is 0.00782. The summed E-state index contributed by atoms with van der Waals surface area (Å²) in [7, 11) is 1.82. The normalized spacial score (nSPS) is 16.3. The average Bonchev–Trinajstić information content (AvgIpc) is 3.12. The van der Waals surface area contributed by atoms with E-state index in [4.69, 9.17) is 0 Å². The summed E-state index contributed by atoms with van der Waals surface area (Å²) in [6.45, 7) is 2.71. The fraction of sp³-hybridized carbons (Fsp3) is 0.474. The first-order valence-corrected chi connectivity index (χ1v) is 8.53. The molecule has 0 atom stereocenters. The van der Waals surface area contributed by atoms with Gasteiger partial charge in [-0.1, -0.05) is 43.2 Å². The van der Waals surface area contributed by atoms with Crippen molar-refractivity contribution in [3.63, 3.8) is 0 Å². The van der Waals surface area contributed by atoms with Gasteiger partial charge in [-0.25, -0.2) is 0 Å². The van der Waals surface area contributed by atoms with Gasteiger partial charge in [0.15, 0.2) is 0 Å². The molecule has 1 aliphatic rings. The third-order valence-electron chi connectivity index (χ3n) is 4.77. The topological polar surface area (TPSA) is 58.4 Å². The Balaban J connectivity index is 1.86. The summed E-state index contributed by atoms with van der Waals surface area (Å²) in [4.78, 5) is 14.8. The van der Waals surface area contributed by atoms with E-state index in [1.54, 1.807) is 15.8 Å². The van der Waals surface area contributed by atoms with Crippen LogP contribution in [0.25, 0.3) is 0 Å². The van der Waals surface area contributed by atoms with Crippen molar-refractivity contribution in [2.24, 2.45) is 7.05 Å². The summed E-state index contributed by atoms with van der Waals surface area (Å²) < 4.78 is 1.66. The summed E-state index contributed by atoms with van der Waals surface area (Å²) in [5, 5.41) is 15.1. The molecule has 1 aromatic heterocycles. The highest BCUT2D eigenvalue weighted by molar-refractivity contribution is 5.95. The number of aromatic nitrogens is 2. The van der Waals surface area contributed by atoms with Gasteiger partial charge >= 0.3 is 0 Å². The van der Waals surface area contributed by atoms with E-state index in [1.165, 1.54) is 0 Å². The predicted octanol–water partition coefficient (Wildman–Crippen LogP) is 2.68. The molecule has 1 heterocycles. The van der Waals surface area contributed by atoms with Gasteiger partial charge in [0.1, 0.15) is 0 Å². The highest BCUT2D eigenvalue weighted by Crippen LogP contribution is 2.31. The summed E-state index contributed by atoms with van der Waals surface area (Å²) in [5.74, 6) is -0.0650. The van der Waals surface area contributed by atoms with Gasteiger partial charge in [-0.15, -0.1) is 0 Å². The van der Waals surface area contributed by atoms with E-state index in [1.807, 2.05) is 44.3 Å². The van der Waals surface area contributed by atoms with Crippen LogP contribution >= 0.6 is 0 Å². The number of carbonyl (C=O) groups excluding carboxylic acids is 1. The van der Waals surface area contributed by atoms with Crippen LogP contribution in [0.3, 0.4) is 0 Å². The standard InChI is InChI=1S/C19H25N3O2/c1-15-17(13-21(2)20-15)18(23)22(12-16-8-4-3-5-9-16)14-19(24)10-6-7-11-19/h3-5,8-9,13,24H,6-7,10-12,14H2,1-2H3. The fourth-order valence-electron chi connectivity index (χ4n) is 3.53. The van der Waals surface area contributed by atoms with E-state index in [2.05, 4.69) is 5.10 Å². The number of hydrogen-bond donors (Lipinski definition) is 1. The minimum atomic E-state index is -0.763. The smallest absolute Gasteiger partial charge is 0.257 e. The fourth-order valence-corrected chi connectivity index (χ4v) is 3.53. The van der Waals surface area contributed by atoms with Crippen LogP contribution in [-0.4, -0.2) is 37.8 Å². The second-order valence-electron chi connectivity index (χ2n) is 6.88. The van der Waals surface area contributed by atoms with Crippen LogP contribution in [0.15, 0.2) is 36.5 Å². The Kier molecular flexibility index (Phi) is 4.71. The van der Waals surface area contributed by atoms with E-state index < -0.39 is 5.60 Å². The average molecular weight is 327 g/mol. The van der Waals surface area contributed by atoms with Crippen LogP contribution in [0.2, 0.25) is 0 Å². The van der Waals surface area contributed by atoms with Gasteiger partial charge in [0.05, 0.1) is 23.4 Å². The first-order chi connectivity index (χ1) is 11.5. The minimum absolute atomic E-state index is 0.0650. The molecule has 0 bridgehead atoms. The molecule has 5 heteroatoms. The molecule has 5 nitrogen and oxygen atoms in total. The van der Waals surface area contributed by atoms with E-state index in [9.17, 15) is 9.90 Å². The molecule has 128 valence electrons. The highest BCUT2D eigenvalue weighted by Gasteiger charge is 2.35. The van der Waals surface area contributed by atoms with Gasteiger partial charge in [-0.2, -0.15) is 5.10 Å². The van der Waals surface area contributed by atoms with Crippen LogP contribution < -0.4 is 0 Å². The minimum Gasteiger partial charge on any atom is -0.388 e. The van der Waals surface area contributed by atoms with Gasteiger partial charge in [0, 0.05) is 19.8 Å². The van der Waals surface area contributed by atoms with Gasteiger partial charge in [0.25, 0.3) is 5.91 Å². The SMILES string of the molecule is Cc1nn(C)cc1C(=O)N(Cc1ccccc1)CC1(O)CCCC1. The number of hydrogen-bond acceptors (Lipinski definition) is 3. The monoisotopic (exact) mass is 327 g/mol. The summed E-state index contributed by atoms with van der Waals surface area (Å²) in [6.07, 6.45) is 5.33. The Bertz CT molecular complexity index is 703. The molecule has 2 aromatic rings. The molecule has 0 radical (unpaired) electrons. The van der Waals surface area contributed by atoms with Crippen molar-refractivity contribution in [1.29, 1.82) is 0 Å². The molecular weight excluding hydrogens is 302 g/mol. The van der Waals surface area contributed by atoms with Gasteiger partial charge in [0.2, 0.25) is 0 Å². The lowest BCUT2D eigenvalue weighted by atomic mass is 10.0. The lowest BCUT2D eigenvalue weighted by Gasteiger charge is -2.31. The van der Waals surface area contributed by atoms with Crippen molar-refractivity contribution < 1.29 is 9.90 Å². The first kappa shape index (κ1) is 16.7. The Morgan fingerprint density at radius 1 is 1.29 bits per heavy atom. The van der Waals surface area contributed by atoms with Gasteiger partial charge in [-0.3, -0.25) is 9.48 Å². The summed E-state index contributed by atoms with van der Waals surface area (Å²) >= 11 is 0. The van der Waals surface area contributed by atoms with Crippen molar-refractivity contribution >= 4 is 5.91 Å². The molecule has 24 heavy (non-hydrogen) atoms. The number of aliphatic hydroxyl groups is 1. The van der Waals surface area contributed by atoms with E-state index in [0.29, 0.717) is 18.7 Å².